The summed E-state index contributed by atoms with van der Waals surface area (Å²) in [6, 6.07) is 1.03. The molecule has 148 valence electrons. The van der Waals surface area contributed by atoms with E-state index in [1.807, 2.05) is 0 Å². The van der Waals surface area contributed by atoms with E-state index in [1.54, 1.807) is 0 Å². The van der Waals surface area contributed by atoms with Gasteiger partial charge in [-0.1, -0.05) is 0 Å². The summed E-state index contributed by atoms with van der Waals surface area (Å²) >= 11 is 0.485. The number of sulfone groups is 1. The van der Waals surface area contributed by atoms with Crippen LogP contribution in [0.5, 0.6) is 17.4 Å². The van der Waals surface area contributed by atoms with Crippen molar-refractivity contribution < 1.29 is 40.9 Å². The highest BCUT2D eigenvalue weighted by Crippen LogP contribution is 2.34. The Kier molecular flexibility index (Phi) is 6.21. The summed E-state index contributed by atoms with van der Waals surface area (Å²) in [4.78, 5) is 11.9. The molecule has 2 aromatic rings. The lowest BCUT2D eigenvalue weighted by Crippen LogP contribution is -2.10. The molecule has 12 heteroatoms. The summed E-state index contributed by atoms with van der Waals surface area (Å²) in [6.45, 7) is -0.706. The van der Waals surface area contributed by atoms with Crippen molar-refractivity contribution in [1.29, 1.82) is 0 Å². The van der Waals surface area contributed by atoms with Gasteiger partial charge >= 0.3 is 5.97 Å². The molecule has 0 radical (unpaired) electrons. The minimum atomic E-state index is -3.80. The molecule has 0 aliphatic rings. The van der Waals surface area contributed by atoms with E-state index in [2.05, 4.69) is 9.11 Å². The molecule has 27 heavy (non-hydrogen) atoms. The van der Waals surface area contributed by atoms with Gasteiger partial charge < -0.3 is 18.9 Å². The van der Waals surface area contributed by atoms with Gasteiger partial charge in [0.2, 0.25) is 5.88 Å². The van der Waals surface area contributed by atoms with Crippen molar-refractivity contribution >= 4 is 27.3 Å². The van der Waals surface area contributed by atoms with Gasteiger partial charge in [-0.05, 0) is 11.5 Å². The van der Waals surface area contributed by atoms with Crippen LogP contribution in [0.25, 0.3) is 0 Å². The molecule has 0 amide bonds. The maximum atomic E-state index is 14.4. The van der Waals surface area contributed by atoms with Crippen LogP contribution >= 0.6 is 11.5 Å². The lowest BCUT2D eigenvalue weighted by atomic mass is 10.1. The average Bonchev–Trinajstić information content (AvgIpc) is 3.05. The van der Waals surface area contributed by atoms with E-state index in [4.69, 9.17) is 14.2 Å². The monoisotopic (exact) mass is 423 g/mol. The summed E-state index contributed by atoms with van der Waals surface area (Å²) in [5, 5.41) is 0. The van der Waals surface area contributed by atoms with Crippen LogP contribution in [0.1, 0.15) is 15.9 Å². The molecule has 0 unspecified atom stereocenters. The Morgan fingerprint density at radius 2 is 1.70 bits per heavy atom. The molecule has 1 heterocycles. The van der Waals surface area contributed by atoms with E-state index in [9.17, 15) is 22.0 Å². The molecular weight excluding hydrogens is 408 g/mol. The standard InChI is InChI=1S/C15H15F2NO7S2/c1-22-8-5-9(23-2)12(17)7(11(8)16)6-25-13-10(14(19)24-3)15(26-18-13)27(4,20)21/h5H,6H2,1-4H3. The minimum absolute atomic E-state index is 0.282. The number of carbonyl (C=O) groups excluding carboxylic acids is 1. The van der Waals surface area contributed by atoms with Crippen molar-refractivity contribution in [1.82, 2.24) is 4.37 Å². The van der Waals surface area contributed by atoms with Crippen LogP contribution in [0.15, 0.2) is 10.3 Å². The summed E-state index contributed by atoms with van der Waals surface area (Å²) in [5.41, 5.74) is -0.989. The quantitative estimate of drug-likeness (QED) is 0.625. The first-order valence-corrected chi connectivity index (χ1v) is 9.81. The Hall–Kier alpha value is -2.47. The zero-order valence-electron chi connectivity index (χ0n) is 14.7. The van der Waals surface area contributed by atoms with Gasteiger partial charge in [-0.15, -0.1) is 0 Å². The predicted molar refractivity (Wildman–Crippen MR) is 90.4 cm³/mol. The largest absolute Gasteiger partial charge is 0.494 e. The lowest BCUT2D eigenvalue weighted by molar-refractivity contribution is 0.0591. The number of ether oxygens (including phenoxy) is 4. The number of benzene rings is 1. The normalized spacial score (nSPS) is 11.2. The van der Waals surface area contributed by atoms with E-state index in [1.165, 1.54) is 14.2 Å². The van der Waals surface area contributed by atoms with E-state index < -0.39 is 51.1 Å². The van der Waals surface area contributed by atoms with Gasteiger partial charge in [-0.2, -0.15) is 4.37 Å². The number of carbonyl (C=O) groups is 1. The first-order valence-electron chi connectivity index (χ1n) is 7.15. The van der Waals surface area contributed by atoms with Crippen molar-refractivity contribution in [2.45, 2.75) is 10.8 Å². The molecule has 1 aromatic carbocycles. The second kappa shape index (κ2) is 8.05. The van der Waals surface area contributed by atoms with Crippen molar-refractivity contribution in [2.75, 3.05) is 27.6 Å². The third kappa shape index (κ3) is 4.11. The van der Waals surface area contributed by atoms with E-state index in [0.29, 0.717) is 11.5 Å². The maximum Gasteiger partial charge on any atom is 0.345 e. The van der Waals surface area contributed by atoms with Gasteiger partial charge in [0, 0.05) is 12.3 Å². The molecule has 8 nitrogen and oxygen atoms in total. The SMILES string of the molecule is COC(=O)c1c(OCc2c(F)c(OC)cc(OC)c2F)nsc1S(C)(=O)=O. The first kappa shape index (κ1) is 20.8. The summed E-state index contributed by atoms with van der Waals surface area (Å²) in [6.07, 6.45) is 0.878. The third-order valence-corrected chi connectivity index (χ3v) is 6.01. The molecule has 0 spiro atoms. The molecular formula is C15H15F2NO7S2. The highest BCUT2D eigenvalue weighted by molar-refractivity contribution is 7.92. The zero-order valence-corrected chi connectivity index (χ0v) is 16.3. The van der Waals surface area contributed by atoms with Crippen LogP contribution in [0.3, 0.4) is 0 Å². The Labute approximate surface area is 157 Å². The molecule has 0 fully saturated rings. The number of hydrogen-bond acceptors (Lipinski definition) is 9. The number of halogens is 2. The number of esters is 1. The van der Waals surface area contributed by atoms with Gasteiger partial charge in [0.15, 0.2) is 42.7 Å². The van der Waals surface area contributed by atoms with Crippen LogP contribution in [-0.4, -0.2) is 46.3 Å². The molecule has 0 saturated carbocycles. The molecule has 0 saturated heterocycles. The second-order valence-electron chi connectivity index (χ2n) is 5.09. The Morgan fingerprint density at radius 3 is 2.15 bits per heavy atom. The smallest absolute Gasteiger partial charge is 0.345 e. The van der Waals surface area contributed by atoms with E-state index in [0.717, 1.165) is 19.4 Å². The van der Waals surface area contributed by atoms with Gasteiger partial charge in [0.25, 0.3) is 0 Å². The van der Waals surface area contributed by atoms with Gasteiger partial charge in [-0.25, -0.2) is 22.0 Å². The van der Waals surface area contributed by atoms with Crippen LogP contribution < -0.4 is 14.2 Å². The Morgan fingerprint density at radius 1 is 1.15 bits per heavy atom. The second-order valence-corrected chi connectivity index (χ2v) is 8.07. The average molecular weight is 423 g/mol. The van der Waals surface area contributed by atoms with Gasteiger partial charge in [-0.3, -0.25) is 0 Å². The molecule has 2 rings (SSSR count). The fourth-order valence-corrected chi connectivity index (χ4v) is 3.86. The number of aromatic nitrogens is 1. The summed E-state index contributed by atoms with van der Waals surface area (Å²) in [7, 11) is -0.379. The Bertz CT molecular complexity index is 945. The van der Waals surface area contributed by atoms with Crippen molar-refractivity contribution in [3.63, 3.8) is 0 Å². The van der Waals surface area contributed by atoms with Crippen LogP contribution in [0.4, 0.5) is 8.78 Å². The number of methoxy groups -OCH3 is 3. The van der Waals surface area contributed by atoms with Crippen molar-refractivity contribution in [3.8, 4) is 17.4 Å². The summed E-state index contributed by atoms with van der Waals surface area (Å²) < 4.78 is 75.1. The van der Waals surface area contributed by atoms with Gasteiger partial charge in [0.05, 0.1) is 26.9 Å². The highest BCUT2D eigenvalue weighted by atomic mass is 32.2. The molecule has 0 N–H and O–H groups in total. The molecule has 1 aromatic heterocycles. The highest BCUT2D eigenvalue weighted by Gasteiger charge is 2.30. The number of rotatable bonds is 7. The molecule has 0 atom stereocenters. The topological polar surface area (TPSA) is 101 Å². The fourth-order valence-electron chi connectivity index (χ4n) is 2.09. The predicted octanol–water partition coefficient (Wildman–Crippen LogP) is 2.21. The van der Waals surface area contributed by atoms with Crippen LogP contribution in [0, 0.1) is 11.6 Å². The van der Waals surface area contributed by atoms with Crippen LogP contribution in [-0.2, 0) is 21.2 Å². The number of nitrogens with zero attached hydrogens (tertiary/aromatic N) is 1. The first-order chi connectivity index (χ1) is 12.6. The minimum Gasteiger partial charge on any atom is -0.494 e. The van der Waals surface area contributed by atoms with E-state index >= 15 is 0 Å². The Balaban J connectivity index is 2.46. The lowest BCUT2D eigenvalue weighted by Gasteiger charge is -2.13. The molecule has 0 aliphatic carbocycles. The van der Waals surface area contributed by atoms with Crippen molar-refractivity contribution in [3.05, 3.63) is 28.8 Å². The molecule has 0 bridgehead atoms. The van der Waals surface area contributed by atoms with Crippen LogP contribution in [0.2, 0.25) is 0 Å². The zero-order chi connectivity index (χ0) is 20.4. The van der Waals surface area contributed by atoms with E-state index in [-0.39, 0.29) is 15.7 Å². The summed E-state index contributed by atoms with van der Waals surface area (Å²) in [5.74, 6) is -4.07. The molecule has 0 aliphatic heterocycles. The third-order valence-electron chi connectivity index (χ3n) is 3.37. The van der Waals surface area contributed by atoms with Crippen molar-refractivity contribution in [2.24, 2.45) is 0 Å². The maximum absolute atomic E-state index is 14.4. The van der Waals surface area contributed by atoms with Gasteiger partial charge in [0.1, 0.15) is 6.61 Å². The fraction of sp³-hybridized carbons (Fsp3) is 0.333. The number of hydrogen-bond donors (Lipinski definition) is 0.